The van der Waals surface area contributed by atoms with E-state index in [0.29, 0.717) is 54.2 Å². The van der Waals surface area contributed by atoms with Crippen molar-refractivity contribution in [3.8, 4) is 11.5 Å². The van der Waals surface area contributed by atoms with Crippen molar-refractivity contribution in [1.82, 2.24) is 38.2 Å². The number of halogens is 2. The smallest absolute Gasteiger partial charge is 0.355 e. The quantitative estimate of drug-likeness (QED) is 0.0381. The highest BCUT2D eigenvalue weighted by molar-refractivity contribution is 7.98. The van der Waals surface area contributed by atoms with E-state index in [2.05, 4.69) is 35.9 Å². The van der Waals surface area contributed by atoms with Gasteiger partial charge in [0.15, 0.2) is 5.16 Å². The Labute approximate surface area is 471 Å². The SMILES string of the molecule is CCO.COCCNc1ncccc1CN.COCCNc1ncccc1CNc1nc(=O)n(Cc2ccc(F)cc2)c(=O)n1Cc1ccc(OC)cc1.COc1ccc(Cn2c(SC)nc(=O)n(Cc3ccc(F)cc3)c2=O)cc1. The third-order valence-electron chi connectivity index (χ3n) is 11.6. The van der Waals surface area contributed by atoms with Crippen LogP contribution in [0.15, 0.2) is 158 Å². The van der Waals surface area contributed by atoms with Crippen LogP contribution in [0.5, 0.6) is 11.5 Å². The van der Waals surface area contributed by atoms with E-state index < -0.39 is 28.6 Å². The summed E-state index contributed by atoms with van der Waals surface area (Å²) >= 11 is 1.23. The number of aliphatic hydroxyl groups is 1. The molecule has 24 heteroatoms. The Morgan fingerprint density at radius 2 is 0.951 bits per heavy atom. The van der Waals surface area contributed by atoms with Crippen LogP contribution in [0.25, 0.3) is 0 Å². The van der Waals surface area contributed by atoms with Crippen molar-refractivity contribution in [3.05, 3.63) is 221 Å². The van der Waals surface area contributed by atoms with E-state index in [9.17, 15) is 28.0 Å². The molecule has 0 aliphatic rings. The summed E-state index contributed by atoms with van der Waals surface area (Å²) in [7, 11) is 6.45. The van der Waals surface area contributed by atoms with Crippen LogP contribution in [0.2, 0.25) is 0 Å². The first-order valence-corrected chi connectivity index (χ1v) is 26.6. The van der Waals surface area contributed by atoms with Gasteiger partial charge in [0.05, 0.1) is 53.6 Å². The molecule has 0 amide bonds. The van der Waals surface area contributed by atoms with Crippen molar-refractivity contribution in [2.24, 2.45) is 5.73 Å². The highest BCUT2D eigenvalue weighted by atomic mass is 32.2. The van der Waals surface area contributed by atoms with E-state index in [1.807, 2.05) is 42.5 Å². The van der Waals surface area contributed by atoms with E-state index in [0.717, 1.165) is 49.5 Å². The number of hydrogen-bond acceptors (Lipinski definition) is 18. The molecule has 4 aromatic heterocycles. The summed E-state index contributed by atoms with van der Waals surface area (Å²) in [5.41, 5.74) is 7.99. The van der Waals surface area contributed by atoms with E-state index in [4.69, 9.17) is 29.8 Å². The van der Waals surface area contributed by atoms with Gasteiger partial charge in [0, 0.05) is 70.5 Å². The summed E-state index contributed by atoms with van der Waals surface area (Å²) in [6, 6.07) is 33.4. The Morgan fingerprint density at radius 3 is 1.38 bits per heavy atom. The molecule has 0 saturated heterocycles. The zero-order valence-electron chi connectivity index (χ0n) is 46.0. The minimum absolute atomic E-state index is 0.0300. The van der Waals surface area contributed by atoms with Crippen molar-refractivity contribution >= 4 is 29.3 Å². The number of anilines is 3. The largest absolute Gasteiger partial charge is 0.497 e. The molecule has 8 rings (SSSR count). The summed E-state index contributed by atoms with van der Waals surface area (Å²) in [5, 5.41) is 17.4. The van der Waals surface area contributed by atoms with Crippen LogP contribution in [0.1, 0.15) is 40.3 Å². The second-order valence-electron chi connectivity index (χ2n) is 17.2. The van der Waals surface area contributed by atoms with E-state index >= 15 is 0 Å². The highest BCUT2D eigenvalue weighted by Gasteiger charge is 2.17. The molecule has 0 aliphatic heterocycles. The van der Waals surface area contributed by atoms with Crippen molar-refractivity contribution in [2.75, 3.05) is 83.6 Å². The monoisotopic (exact) mass is 1130 g/mol. The van der Waals surface area contributed by atoms with E-state index in [1.165, 1.54) is 69.4 Å². The topological polar surface area (TPSA) is 259 Å². The zero-order chi connectivity index (χ0) is 58.5. The molecule has 0 radical (unpaired) electrons. The molecule has 81 heavy (non-hydrogen) atoms. The molecule has 0 unspecified atom stereocenters. The number of nitrogens with one attached hydrogen (secondary N) is 3. The fourth-order valence-electron chi connectivity index (χ4n) is 7.47. The Balaban J connectivity index is 0.000000242. The molecular formula is C57H68F2N12O9S. The van der Waals surface area contributed by atoms with E-state index in [1.54, 1.807) is 84.3 Å². The molecule has 4 heterocycles. The highest BCUT2D eigenvalue weighted by Crippen LogP contribution is 2.18. The molecular weight excluding hydrogens is 1070 g/mol. The molecule has 6 N–H and O–H groups in total. The second kappa shape index (κ2) is 33.8. The fourth-order valence-corrected chi connectivity index (χ4v) is 8.00. The summed E-state index contributed by atoms with van der Waals surface area (Å²) < 4.78 is 51.8. The number of methoxy groups -OCH3 is 4. The normalized spacial score (nSPS) is 10.5. The zero-order valence-corrected chi connectivity index (χ0v) is 46.8. The summed E-state index contributed by atoms with van der Waals surface area (Å²) in [4.78, 5) is 68.5. The Kier molecular flexibility index (Phi) is 26.4. The lowest BCUT2D eigenvalue weighted by Gasteiger charge is -2.17. The van der Waals surface area contributed by atoms with Gasteiger partial charge in [-0.3, -0.25) is 9.13 Å². The maximum absolute atomic E-state index is 13.6. The van der Waals surface area contributed by atoms with Gasteiger partial charge in [0.2, 0.25) is 5.95 Å². The molecule has 21 nitrogen and oxygen atoms in total. The molecule has 0 bridgehead atoms. The molecule has 0 atom stereocenters. The predicted molar refractivity (Wildman–Crippen MR) is 310 cm³/mol. The summed E-state index contributed by atoms with van der Waals surface area (Å²) in [5.74, 6) is 2.26. The van der Waals surface area contributed by atoms with Gasteiger partial charge in [-0.05, 0) is 96.1 Å². The van der Waals surface area contributed by atoms with Crippen LogP contribution in [0, 0.1) is 11.6 Å². The van der Waals surface area contributed by atoms with Crippen molar-refractivity contribution in [1.29, 1.82) is 0 Å². The van der Waals surface area contributed by atoms with Crippen LogP contribution in [-0.4, -0.2) is 111 Å². The van der Waals surface area contributed by atoms with Gasteiger partial charge in [-0.1, -0.05) is 72.4 Å². The van der Waals surface area contributed by atoms with E-state index in [-0.39, 0.29) is 51.1 Å². The summed E-state index contributed by atoms with van der Waals surface area (Å²) in [6.45, 7) is 5.62. The molecule has 0 spiro atoms. The number of benzene rings is 4. The fraction of sp³-hybridized carbons (Fsp3) is 0.298. The van der Waals surface area contributed by atoms with Crippen molar-refractivity contribution < 1.29 is 32.8 Å². The number of thioether (sulfide) groups is 1. The van der Waals surface area contributed by atoms with Crippen LogP contribution < -0.4 is 53.9 Å². The lowest BCUT2D eigenvalue weighted by Crippen LogP contribution is -2.43. The number of nitrogens with zero attached hydrogens (tertiary/aromatic N) is 8. The van der Waals surface area contributed by atoms with Crippen molar-refractivity contribution in [2.45, 2.75) is 51.3 Å². The standard InChI is InChI=1S/C27H29FN6O4.C19H18FN3O3S.C9H15N3O.C2H6O/c1-37-15-14-30-24-21(4-3-13-29-24)16-31-25-32-26(35)34(18-19-5-9-22(28)10-6-19)27(36)33(25)17-20-7-11-23(38-2)12-8-20;1-26-16-9-5-14(6-10-16)12-23-18(27-2)21-17(24)22(19(23)25)11-13-3-7-15(20)8-4-13;1-13-6-5-12-9-8(7-10)3-2-4-11-9;1-2-3/h3-13H,14-18H2,1-2H3,(H,29,30)(H,31,32,35);3-10H,11-12H2,1-2H3;2-4H,5-7,10H2,1H3,(H,11,12);3H,2H2,1H3. The first-order chi connectivity index (χ1) is 39.3. The number of hydrogen-bond donors (Lipinski definition) is 5. The van der Waals surface area contributed by atoms with Gasteiger partial charge in [-0.25, -0.2) is 47.1 Å². The minimum Gasteiger partial charge on any atom is -0.497 e. The average molecular weight is 1140 g/mol. The molecule has 430 valence electrons. The van der Waals surface area contributed by atoms with Crippen LogP contribution in [0.3, 0.4) is 0 Å². The number of aromatic nitrogens is 8. The maximum atomic E-state index is 13.6. The maximum Gasteiger partial charge on any atom is 0.355 e. The first-order valence-electron chi connectivity index (χ1n) is 25.4. The first kappa shape index (κ1) is 63.3. The average Bonchev–Trinajstić information content (AvgIpc) is 3.49. The number of aliphatic hydroxyl groups excluding tert-OH is 1. The van der Waals surface area contributed by atoms with Crippen molar-refractivity contribution in [3.63, 3.8) is 0 Å². The van der Waals surface area contributed by atoms with Gasteiger partial charge in [-0.15, -0.1) is 0 Å². The molecule has 8 aromatic rings. The molecule has 4 aromatic carbocycles. The molecule has 0 saturated carbocycles. The van der Waals surface area contributed by atoms with Gasteiger partial charge < -0.3 is 45.7 Å². The van der Waals surface area contributed by atoms with Gasteiger partial charge in [0.1, 0.15) is 34.8 Å². The van der Waals surface area contributed by atoms with Crippen LogP contribution in [0.4, 0.5) is 26.4 Å². The van der Waals surface area contributed by atoms with Gasteiger partial charge in [0.25, 0.3) is 0 Å². The van der Waals surface area contributed by atoms with Crippen LogP contribution >= 0.6 is 11.8 Å². The predicted octanol–water partition coefficient (Wildman–Crippen LogP) is 5.68. The van der Waals surface area contributed by atoms with Gasteiger partial charge in [-0.2, -0.15) is 9.97 Å². The third kappa shape index (κ3) is 19.6. The number of nitrogens with two attached hydrogens (primary N) is 1. The van der Waals surface area contributed by atoms with Crippen LogP contribution in [-0.2, 0) is 48.7 Å². The number of rotatable bonds is 23. The molecule has 0 fully saturated rings. The third-order valence-corrected chi connectivity index (χ3v) is 12.3. The van der Waals surface area contributed by atoms with Gasteiger partial charge >= 0.3 is 22.8 Å². The lowest BCUT2D eigenvalue weighted by atomic mass is 10.2. The summed E-state index contributed by atoms with van der Waals surface area (Å²) in [6.07, 6.45) is 5.18. The Hall–Kier alpha value is -8.55. The Bertz CT molecular complexity index is 3420. The minimum atomic E-state index is -0.711. The number of pyridine rings is 2. The number of ether oxygens (including phenoxy) is 4. The lowest BCUT2D eigenvalue weighted by molar-refractivity contribution is 0.210. The molecule has 0 aliphatic carbocycles. The second-order valence-corrected chi connectivity index (χ2v) is 18.0. The Morgan fingerprint density at radius 1 is 0.556 bits per heavy atom.